The van der Waals surface area contributed by atoms with Gasteiger partial charge in [0.25, 0.3) is 0 Å². The number of unbranched alkanes of at least 4 members (excludes halogenated alkanes) is 30. The summed E-state index contributed by atoms with van der Waals surface area (Å²) in [5.41, 5.74) is 0. The molecular weight excluding hydrogens is 805 g/mol. The van der Waals surface area contributed by atoms with Gasteiger partial charge in [-0.25, -0.2) is 0 Å². The van der Waals surface area contributed by atoms with E-state index in [-0.39, 0.29) is 19.2 Å². The number of carbonyl (C=O) groups excluding carboxylic acids is 1. The average molecular weight is 907 g/mol. The van der Waals surface area contributed by atoms with Crippen LogP contribution < -0.4 is 0 Å². The second-order valence-corrected chi connectivity index (χ2v) is 18.7. The molecule has 1 saturated heterocycles. The summed E-state index contributed by atoms with van der Waals surface area (Å²) in [4.78, 5) is 12.9. The van der Waals surface area contributed by atoms with Crippen LogP contribution in [0, 0.1) is 0 Å². The zero-order valence-corrected chi connectivity index (χ0v) is 41.5. The third-order valence-electron chi connectivity index (χ3n) is 12.5. The second-order valence-electron chi connectivity index (χ2n) is 18.7. The van der Waals surface area contributed by atoms with Crippen LogP contribution in [0.4, 0.5) is 0 Å². The van der Waals surface area contributed by atoms with Crippen molar-refractivity contribution in [1.29, 1.82) is 0 Å². The third-order valence-corrected chi connectivity index (χ3v) is 12.5. The van der Waals surface area contributed by atoms with E-state index in [0.29, 0.717) is 13.0 Å². The number of hydrogen-bond donors (Lipinski definition) is 4. The van der Waals surface area contributed by atoms with E-state index in [0.717, 1.165) is 38.5 Å². The largest absolute Gasteiger partial charge is 0.457 e. The molecule has 6 unspecified atom stereocenters. The van der Waals surface area contributed by atoms with Gasteiger partial charge in [-0.15, -0.1) is 0 Å². The Labute approximate surface area is 393 Å². The minimum Gasteiger partial charge on any atom is -0.457 e. The Kier molecular flexibility index (Phi) is 43.9. The van der Waals surface area contributed by atoms with Gasteiger partial charge in [-0.05, 0) is 70.6 Å². The molecule has 1 rings (SSSR count). The van der Waals surface area contributed by atoms with Crippen LogP contribution in [0.3, 0.4) is 0 Å². The molecule has 64 heavy (non-hydrogen) atoms. The van der Waals surface area contributed by atoms with Crippen molar-refractivity contribution in [1.82, 2.24) is 0 Å². The fraction of sp³-hybridized carbons (Fsp3) is 0.873. The molecule has 6 atom stereocenters. The number of allylic oxidation sites excluding steroid dienone is 6. The average Bonchev–Trinajstić information content (AvgIpc) is 3.30. The lowest BCUT2D eigenvalue weighted by molar-refractivity contribution is -0.305. The van der Waals surface area contributed by atoms with Crippen LogP contribution >= 0.6 is 0 Å². The van der Waals surface area contributed by atoms with Crippen LogP contribution in [-0.4, -0.2) is 89.6 Å². The molecule has 0 amide bonds. The number of ether oxygens (including phenoxy) is 4. The summed E-state index contributed by atoms with van der Waals surface area (Å²) in [5, 5.41) is 40.3. The minimum atomic E-state index is -1.54. The molecule has 9 nitrogen and oxygen atoms in total. The van der Waals surface area contributed by atoms with Crippen molar-refractivity contribution < 1.29 is 44.2 Å². The van der Waals surface area contributed by atoms with E-state index < -0.39 is 43.4 Å². The van der Waals surface area contributed by atoms with E-state index >= 15 is 0 Å². The van der Waals surface area contributed by atoms with Crippen LogP contribution in [0.5, 0.6) is 0 Å². The summed E-state index contributed by atoms with van der Waals surface area (Å²) in [6.45, 7) is 4.56. The Balaban J connectivity index is 2.18. The minimum absolute atomic E-state index is 0.114. The van der Waals surface area contributed by atoms with Crippen molar-refractivity contribution >= 4 is 5.97 Å². The van der Waals surface area contributed by atoms with E-state index in [2.05, 4.69) is 50.3 Å². The molecule has 1 heterocycles. The highest BCUT2D eigenvalue weighted by atomic mass is 16.7. The maximum Gasteiger partial charge on any atom is 0.306 e. The smallest absolute Gasteiger partial charge is 0.306 e. The van der Waals surface area contributed by atoms with Crippen molar-refractivity contribution in [3.05, 3.63) is 36.5 Å². The Bertz CT molecular complexity index is 1080. The molecule has 4 N–H and O–H groups in total. The van der Waals surface area contributed by atoms with E-state index in [4.69, 9.17) is 18.9 Å². The van der Waals surface area contributed by atoms with E-state index in [9.17, 15) is 25.2 Å². The number of rotatable bonds is 47. The molecule has 0 radical (unpaired) electrons. The Morgan fingerprint density at radius 1 is 0.500 bits per heavy atom. The maximum absolute atomic E-state index is 12.9. The standard InChI is InChI=1S/C55H102O9/c1-3-5-7-9-11-13-15-17-19-21-23-24-25-26-27-28-30-32-34-36-38-40-42-44-51(57)63-49(48-62-55-54(60)53(59)52(58)50(46-56)64-55)47-61-45-43-41-39-37-35-33-31-29-22-20-18-16-14-12-10-8-6-4-2/h12,14,18,20-21,23,49-50,52-56,58-60H,3-11,13,15-17,19,22,24-48H2,1-2H3/b14-12-,20-18-,23-21-. The number of aliphatic hydroxyl groups is 4. The van der Waals surface area contributed by atoms with Crippen LogP contribution in [0.1, 0.15) is 245 Å². The van der Waals surface area contributed by atoms with Gasteiger partial charge >= 0.3 is 5.97 Å². The third kappa shape index (κ3) is 36.5. The first-order valence-corrected chi connectivity index (χ1v) is 27.1. The summed E-state index contributed by atoms with van der Waals surface area (Å²) < 4.78 is 22.9. The Hall–Kier alpha value is -1.59. The van der Waals surface area contributed by atoms with Crippen molar-refractivity contribution in [2.45, 2.75) is 282 Å². The predicted octanol–water partition coefficient (Wildman–Crippen LogP) is 13.5. The Morgan fingerprint density at radius 3 is 1.39 bits per heavy atom. The molecule has 376 valence electrons. The summed E-state index contributed by atoms with van der Waals surface area (Å²) >= 11 is 0. The molecule has 1 fully saturated rings. The number of hydrogen-bond acceptors (Lipinski definition) is 9. The first-order valence-electron chi connectivity index (χ1n) is 27.1. The number of aliphatic hydroxyl groups excluding tert-OH is 4. The van der Waals surface area contributed by atoms with Crippen molar-refractivity contribution in [3.63, 3.8) is 0 Å². The Morgan fingerprint density at radius 2 is 0.906 bits per heavy atom. The lowest BCUT2D eigenvalue weighted by Crippen LogP contribution is -2.59. The van der Waals surface area contributed by atoms with Crippen LogP contribution in [0.2, 0.25) is 0 Å². The van der Waals surface area contributed by atoms with Crippen molar-refractivity contribution in [2.24, 2.45) is 0 Å². The first kappa shape index (κ1) is 60.4. The first-order chi connectivity index (χ1) is 31.4. The van der Waals surface area contributed by atoms with Crippen LogP contribution in [-0.2, 0) is 23.7 Å². The zero-order chi connectivity index (χ0) is 46.4. The van der Waals surface area contributed by atoms with Crippen molar-refractivity contribution in [3.8, 4) is 0 Å². The molecule has 0 aromatic carbocycles. The van der Waals surface area contributed by atoms with Crippen molar-refractivity contribution in [2.75, 3.05) is 26.4 Å². The van der Waals surface area contributed by atoms with Gasteiger partial charge in [-0.2, -0.15) is 0 Å². The monoisotopic (exact) mass is 907 g/mol. The molecule has 0 aliphatic carbocycles. The van der Waals surface area contributed by atoms with Gasteiger partial charge in [-0.1, -0.05) is 204 Å². The van der Waals surface area contributed by atoms with Gasteiger partial charge in [0.1, 0.15) is 30.5 Å². The molecule has 0 spiro atoms. The summed E-state index contributed by atoms with van der Waals surface area (Å²) in [5.74, 6) is -0.314. The normalized spacial score (nSPS) is 19.8. The number of esters is 1. The van der Waals surface area contributed by atoms with E-state index in [1.165, 1.54) is 186 Å². The second kappa shape index (κ2) is 46.5. The number of carbonyl (C=O) groups is 1. The lowest BCUT2D eigenvalue weighted by Gasteiger charge is -2.39. The highest BCUT2D eigenvalue weighted by Crippen LogP contribution is 2.23. The SMILES string of the molecule is CCCCC/C=C\C/C=C\CCCCCCCCCCOCC(COC1OC(CO)C(O)C(O)C1O)OC(=O)CCCCCCCCCCCCC/C=C\CCCCCCCCCC. The molecular formula is C55H102O9. The fourth-order valence-electron chi connectivity index (χ4n) is 8.28. The molecule has 1 aliphatic rings. The molecule has 1 aliphatic heterocycles. The van der Waals surface area contributed by atoms with Gasteiger partial charge in [0.05, 0.1) is 19.8 Å². The fourth-order valence-corrected chi connectivity index (χ4v) is 8.28. The van der Waals surface area contributed by atoms with Crippen LogP contribution in [0.15, 0.2) is 36.5 Å². The zero-order valence-electron chi connectivity index (χ0n) is 41.5. The summed E-state index contributed by atoms with van der Waals surface area (Å²) in [7, 11) is 0. The lowest BCUT2D eigenvalue weighted by atomic mass is 9.99. The van der Waals surface area contributed by atoms with Gasteiger partial charge in [0, 0.05) is 13.0 Å². The predicted molar refractivity (Wildman–Crippen MR) is 265 cm³/mol. The van der Waals surface area contributed by atoms with E-state index in [1.807, 2.05) is 0 Å². The summed E-state index contributed by atoms with van der Waals surface area (Å²) in [6.07, 6.45) is 50.4. The molecule has 0 saturated carbocycles. The molecule has 9 heteroatoms. The van der Waals surface area contributed by atoms with Gasteiger partial charge in [0.2, 0.25) is 0 Å². The van der Waals surface area contributed by atoms with Gasteiger partial charge < -0.3 is 39.4 Å². The van der Waals surface area contributed by atoms with Crippen LogP contribution in [0.25, 0.3) is 0 Å². The van der Waals surface area contributed by atoms with Gasteiger partial charge in [-0.3, -0.25) is 4.79 Å². The highest BCUT2D eigenvalue weighted by molar-refractivity contribution is 5.69. The quantitative estimate of drug-likeness (QED) is 0.0267. The molecule has 0 bridgehead atoms. The summed E-state index contributed by atoms with van der Waals surface area (Å²) in [6, 6.07) is 0. The van der Waals surface area contributed by atoms with Gasteiger partial charge in [0.15, 0.2) is 6.29 Å². The van der Waals surface area contributed by atoms with E-state index in [1.54, 1.807) is 0 Å². The highest BCUT2D eigenvalue weighted by Gasteiger charge is 2.44. The topological polar surface area (TPSA) is 135 Å². The molecule has 0 aromatic rings. The maximum atomic E-state index is 12.9. The molecule has 0 aromatic heterocycles.